The highest BCUT2D eigenvalue weighted by molar-refractivity contribution is 7.93. The molecule has 0 fully saturated rings. The van der Waals surface area contributed by atoms with E-state index in [0.717, 1.165) is 23.3 Å². The van der Waals surface area contributed by atoms with Gasteiger partial charge in [0.1, 0.15) is 5.75 Å². The van der Waals surface area contributed by atoms with Gasteiger partial charge in [-0.2, -0.15) is 0 Å². The summed E-state index contributed by atoms with van der Waals surface area (Å²) >= 11 is 1.13. The number of benzene rings is 2. The highest BCUT2D eigenvalue weighted by atomic mass is 32.2. The standard InChI is InChI=1S/C21H18N4O6S2/c1-2-7-25-16-8-12(3-6-17(16)30-10-19(25)26)15-11-32-20(22-15)24-33(28,29)13-4-5-14-18(9-13)31-21(27)23-14/h3-6,8-9,11H,2,7,10H2,1H3,(H,22,24)(H,23,27). The monoisotopic (exact) mass is 486 g/mol. The second-order valence-corrected chi connectivity index (χ2v) is 9.87. The molecule has 1 aliphatic rings. The van der Waals surface area contributed by atoms with Crippen molar-refractivity contribution in [2.75, 3.05) is 22.8 Å². The minimum Gasteiger partial charge on any atom is -0.482 e. The molecule has 10 nitrogen and oxygen atoms in total. The van der Waals surface area contributed by atoms with Crippen LogP contribution in [0.2, 0.25) is 0 Å². The van der Waals surface area contributed by atoms with E-state index in [0.29, 0.717) is 29.2 Å². The maximum Gasteiger partial charge on any atom is 0.417 e. The lowest BCUT2D eigenvalue weighted by molar-refractivity contribution is -0.121. The normalized spacial score (nSPS) is 13.7. The summed E-state index contributed by atoms with van der Waals surface area (Å²) in [6.07, 6.45) is 0.802. The minimum atomic E-state index is -3.95. The van der Waals surface area contributed by atoms with Crippen molar-refractivity contribution in [2.45, 2.75) is 18.2 Å². The van der Waals surface area contributed by atoms with Crippen molar-refractivity contribution in [3.8, 4) is 17.0 Å². The Balaban J connectivity index is 1.42. The first-order valence-electron chi connectivity index (χ1n) is 10.0. The molecule has 2 aromatic carbocycles. The van der Waals surface area contributed by atoms with Crippen LogP contribution in [0, 0.1) is 0 Å². The molecule has 1 amide bonds. The van der Waals surface area contributed by atoms with Crippen molar-refractivity contribution in [2.24, 2.45) is 0 Å². The lowest BCUT2D eigenvalue weighted by atomic mass is 10.1. The van der Waals surface area contributed by atoms with Gasteiger partial charge in [-0.15, -0.1) is 11.3 Å². The van der Waals surface area contributed by atoms with E-state index < -0.39 is 15.8 Å². The Morgan fingerprint density at radius 1 is 1.21 bits per heavy atom. The number of nitrogens with one attached hydrogen (secondary N) is 2. The molecule has 5 rings (SSSR count). The van der Waals surface area contributed by atoms with Gasteiger partial charge in [0.25, 0.3) is 15.9 Å². The molecule has 0 unspecified atom stereocenters. The zero-order chi connectivity index (χ0) is 23.2. The van der Waals surface area contributed by atoms with Crippen molar-refractivity contribution in [3.05, 3.63) is 52.3 Å². The number of aromatic amines is 1. The molecule has 0 aliphatic carbocycles. The number of rotatable bonds is 6. The third kappa shape index (κ3) is 3.98. The average molecular weight is 487 g/mol. The van der Waals surface area contributed by atoms with Crippen LogP contribution in [0.25, 0.3) is 22.4 Å². The Kier molecular flexibility index (Phi) is 5.17. The van der Waals surface area contributed by atoms with E-state index in [2.05, 4.69) is 14.7 Å². The Labute approximate surface area is 191 Å². The molecule has 0 radical (unpaired) electrons. The number of thiazole rings is 1. The fourth-order valence-corrected chi connectivity index (χ4v) is 5.54. The maximum absolute atomic E-state index is 12.8. The molecule has 0 saturated carbocycles. The Bertz CT molecular complexity index is 1540. The molecule has 2 N–H and O–H groups in total. The van der Waals surface area contributed by atoms with Crippen molar-refractivity contribution < 1.29 is 22.4 Å². The topological polar surface area (TPSA) is 135 Å². The van der Waals surface area contributed by atoms with E-state index in [1.165, 1.54) is 18.2 Å². The summed E-state index contributed by atoms with van der Waals surface area (Å²) < 4.78 is 38.5. The number of amides is 1. The predicted molar refractivity (Wildman–Crippen MR) is 123 cm³/mol. The van der Waals surface area contributed by atoms with E-state index in [9.17, 15) is 18.0 Å². The summed E-state index contributed by atoms with van der Waals surface area (Å²) in [5.74, 6) is -0.148. The number of aromatic nitrogens is 2. The molecule has 33 heavy (non-hydrogen) atoms. The van der Waals surface area contributed by atoms with Gasteiger partial charge in [-0.05, 0) is 36.8 Å². The number of nitrogens with zero attached hydrogens (tertiary/aromatic N) is 2. The Morgan fingerprint density at radius 3 is 2.88 bits per heavy atom. The second kappa shape index (κ2) is 8.05. The molecule has 3 heterocycles. The smallest absolute Gasteiger partial charge is 0.417 e. The highest BCUT2D eigenvalue weighted by Gasteiger charge is 2.26. The van der Waals surface area contributed by atoms with Crippen molar-refractivity contribution in [1.29, 1.82) is 0 Å². The molecule has 1 aliphatic heterocycles. The average Bonchev–Trinajstić information content (AvgIpc) is 3.40. The van der Waals surface area contributed by atoms with Crippen molar-refractivity contribution in [1.82, 2.24) is 9.97 Å². The minimum absolute atomic E-state index is 0.00688. The second-order valence-electron chi connectivity index (χ2n) is 7.33. The molecule has 4 aromatic rings. The summed E-state index contributed by atoms with van der Waals surface area (Å²) in [5, 5.41) is 1.90. The first-order valence-corrected chi connectivity index (χ1v) is 12.4. The van der Waals surface area contributed by atoms with E-state index in [-0.39, 0.29) is 28.1 Å². The lowest BCUT2D eigenvalue weighted by Crippen LogP contribution is -2.39. The van der Waals surface area contributed by atoms with Gasteiger partial charge in [0.2, 0.25) is 0 Å². The zero-order valence-corrected chi connectivity index (χ0v) is 19.0. The van der Waals surface area contributed by atoms with Crippen LogP contribution < -0.4 is 20.1 Å². The molecular weight excluding hydrogens is 468 g/mol. The van der Waals surface area contributed by atoms with Crippen LogP contribution in [0.4, 0.5) is 10.8 Å². The number of oxazole rings is 1. The number of carbonyl (C=O) groups is 1. The van der Waals surface area contributed by atoms with Gasteiger partial charge in [0.05, 0.1) is 21.8 Å². The van der Waals surface area contributed by atoms with Gasteiger partial charge < -0.3 is 14.1 Å². The van der Waals surface area contributed by atoms with Crippen LogP contribution in [0.15, 0.2) is 55.9 Å². The van der Waals surface area contributed by atoms with Gasteiger partial charge in [-0.3, -0.25) is 14.5 Å². The van der Waals surface area contributed by atoms with Crippen LogP contribution in [0.1, 0.15) is 13.3 Å². The van der Waals surface area contributed by atoms with E-state index >= 15 is 0 Å². The van der Waals surface area contributed by atoms with Gasteiger partial charge in [-0.25, -0.2) is 18.2 Å². The highest BCUT2D eigenvalue weighted by Crippen LogP contribution is 2.37. The van der Waals surface area contributed by atoms with Crippen molar-refractivity contribution in [3.63, 3.8) is 0 Å². The van der Waals surface area contributed by atoms with E-state index in [1.54, 1.807) is 16.3 Å². The Morgan fingerprint density at radius 2 is 2.06 bits per heavy atom. The molecule has 12 heteroatoms. The van der Waals surface area contributed by atoms with E-state index in [1.807, 2.05) is 19.1 Å². The number of hydrogen-bond donors (Lipinski definition) is 2. The number of ether oxygens (including phenoxy) is 1. The van der Waals surface area contributed by atoms with Crippen LogP contribution in [-0.2, 0) is 14.8 Å². The number of fused-ring (bicyclic) bond motifs is 2. The molecule has 2 aromatic heterocycles. The van der Waals surface area contributed by atoms with Crippen LogP contribution >= 0.6 is 11.3 Å². The van der Waals surface area contributed by atoms with Gasteiger partial charge in [-0.1, -0.05) is 6.92 Å². The van der Waals surface area contributed by atoms with Gasteiger partial charge in [0, 0.05) is 23.6 Å². The molecular formula is C21H18N4O6S2. The Hall–Kier alpha value is -3.64. The SMILES string of the molecule is CCCN1C(=O)COc2ccc(-c3csc(NS(=O)(=O)c4ccc5[nH]c(=O)oc5c4)n3)cc21. The third-order valence-corrected chi connectivity index (χ3v) is 7.30. The number of carbonyl (C=O) groups excluding carboxylic acids is 1. The molecule has 0 bridgehead atoms. The summed E-state index contributed by atoms with van der Waals surface area (Å²) in [6.45, 7) is 2.58. The number of hydrogen-bond acceptors (Lipinski definition) is 8. The largest absolute Gasteiger partial charge is 0.482 e. The molecule has 0 spiro atoms. The van der Waals surface area contributed by atoms with Gasteiger partial charge in [0.15, 0.2) is 17.3 Å². The lowest BCUT2D eigenvalue weighted by Gasteiger charge is -2.29. The quantitative estimate of drug-likeness (QED) is 0.427. The first kappa shape index (κ1) is 21.2. The summed E-state index contributed by atoms with van der Waals surface area (Å²) in [6, 6.07) is 9.51. The number of sulfonamides is 1. The zero-order valence-electron chi connectivity index (χ0n) is 17.3. The summed E-state index contributed by atoms with van der Waals surface area (Å²) in [5.41, 5.74) is 2.50. The van der Waals surface area contributed by atoms with Crippen LogP contribution in [0.3, 0.4) is 0 Å². The third-order valence-electron chi connectivity index (χ3n) is 5.07. The molecule has 170 valence electrons. The maximum atomic E-state index is 12.8. The van der Waals surface area contributed by atoms with E-state index in [4.69, 9.17) is 9.15 Å². The molecule has 0 saturated heterocycles. The summed E-state index contributed by atoms with van der Waals surface area (Å²) in [7, 11) is -3.95. The van der Waals surface area contributed by atoms with Crippen LogP contribution in [0.5, 0.6) is 5.75 Å². The fraction of sp³-hybridized carbons (Fsp3) is 0.190. The number of H-pyrrole nitrogens is 1. The van der Waals surface area contributed by atoms with Gasteiger partial charge >= 0.3 is 5.76 Å². The first-order chi connectivity index (χ1) is 15.8. The molecule has 0 atom stereocenters. The summed E-state index contributed by atoms with van der Waals surface area (Å²) in [4.78, 5) is 32.1. The van der Waals surface area contributed by atoms with Crippen LogP contribution in [-0.4, -0.2) is 37.4 Å². The predicted octanol–water partition coefficient (Wildman–Crippen LogP) is 3.18. The van der Waals surface area contributed by atoms with Crippen molar-refractivity contribution >= 4 is 49.2 Å². The fourth-order valence-electron chi connectivity index (χ4n) is 3.55. The number of anilines is 2.